The number of nitrogens with zero attached hydrogens (tertiary/aromatic N) is 2. The highest BCUT2D eigenvalue weighted by atomic mass is 35.5. The van der Waals surface area contributed by atoms with Crippen LogP contribution in [0.1, 0.15) is 43.5 Å². The van der Waals surface area contributed by atoms with Crippen molar-refractivity contribution in [2.75, 3.05) is 29.5 Å². The monoisotopic (exact) mass is 518 g/mol. The van der Waals surface area contributed by atoms with Crippen LogP contribution in [0.4, 0.5) is 11.4 Å². The Balaban J connectivity index is 1.92. The number of hydrogen-bond donors (Lipinski definition) is 1. The molecule has 4 rings (SSSR count). The van der Waals surface area contributed by atoms with Crippen LogP contribution in [0.3, 0.4) is 0 Å². The van der Waals surface area contributed by atoms with Crippen LogP contribution in [0.15, 0.2) is 72.3 Å². The van der Waals surface area contributed by atoms with Crippen molar-refractivity contribution < 1.29 is 19.4 Å². The average Bonchev–Trinajstić information content (AvgIpc) is 3.16. The molecule has 0 aromatic heterocycles. The number of aliphatic hydroxyl groups is 1. The summed E-state index contributed by atoms with van der Waals surface area (Å²) in [6, 6.07) is 19.2. The summed E-state index contributed by atoms with van der Waals surface area (Å²) in [5.74, 6) is -1.31. The van der Waals surface area contributed by atoms with Gasteiger partial charge < -0.3 is 14.7 Å². The Labute approximate surface area is 222 Å². The van der Waals surface area contributed by atoms with Gasteiger partial charge in [-0.25, -0.2) is 0 Å². The maximum absolute atomic E-state index is 13.5. The van der Waals surface area contributed by atoms with E-state index in [2.05, 4.69) is 18.7 Å². The molecular formula is C30H31ClN2O4. The number of halogens is 1. The lowest BCUT2D eigenvalue weighted by Gasteiger charge is -2.27. The first-order chi connectivity index (χ1) is 17.8. The van der Waals surface area contributed by atoms with Crippen LogP contribution >= 0.6 is 11.6 Å². The summed E-state index contributed by atoms with van der Waals surface area (Å²) in [5.41, 5.74) is 3.48. The first kappa shape index (κ1) is 26.3. The number of benzene rings is 3. The van der Waals surface area contributed by atoms with Gasteiger partial charge in [-0.15, -0.1) is 0 Å². The largest absolute Gasteiger partial charge is 0.507 e. The van der Waals surface area contributed by atoms with Crippen molar-refractivity contribution in [3.63, 3.8) is 0 Å². The molecule has 0 saturated carbocycles. The van der Waals surface area contributed by atoms with E-state index in [4.69, 9.17) is 16.3 Å². The molecule has 1 amide bonds. The fourth-order valence-corrected chi connectivity index (χ4v) is 4.94. The highest BCUT2D eigenvalue weighted by Gasteiger charge is 2.47. The van der Waals surface area contributed by atoms with Crippen molar-refractivity contribution >= 4 is 40.4 Å². The molecular weight excluding hydrogens is 488 g/mol. The van der Waals surface area contributed by atoms with Crippen molar-refractivity contribution in [1.29, 1.82) is 0 Å². The van der Waals surface area contributed by atoms with E-state index in [1.165, 1.54) is 4.90 Å². The van der Waals surface area contributed by atoms with Crippen LogP contribution in [0.2, 0.25) is 5.02 Å². The Morgan fingerprint density at radius 1 is 1.00 bits per heavy atom. The molecule has 192 valence electrons. The molecule has 0 radical (unpaired) electrons. The number of ketones is 1. The van der Waals surface area contributed by atoms with Gasteiger partial charge in [0.25, 0.3) is 11.7 Å². The molecule has 3 aromatic carbocycles. The highest BCUT2D eigenvalue weighted by molar-refractivity contribution is 6.52. The summed E-state index contributed by atoms with van der Waals surface area (Å²) >= 11 is 6.44. The van der Waals surface area contributed by atoms with E-state index in [0.29, 0.717) is 23.6 Å². The van der Waals surface area contributed by atoms with Gasteiger partial charge >= 0.3 is 0 Å². The lowest BCUT2D eigenvalue weighted by atomic mass is 9.94. The third kappa shape index (κ3) is 5.07. The molecule has 6 nitrogen and oxygen atoms in total. The number of amides is 1. The van der Waals surface area contributed by atoms with Gasteiger partial charge in [-0.3, -0.25) is 14.5 Å². The third-order valence-corrected chi connectivity index (χ3v) is 6.90. The Hall–Kier alpha value is -3.77. The predicted octanol–water partition coefficient (Wildman–Crippen LogP) is 6.52. The maximum Gasteiger partial charge on any atom is 0.300 e. The molecule has 1 aliphatic heterocycles. The third-order valence-electron chi connectivity index (χ3n) is 6.57. The van der Waals surface area contributed by atoms with Gasteiger partial charge in [-0.2, -0.15) is 0 Å². The Bertz CT molecular complexity index is 1350. The summed E-state index contributed by atoms with van der Waals surface area (Å²) in [4.78, 5) is 30.6. The Morgan fingerprint density at radius 2 is 1.70 bits per heavy atom. The molecule has 1 saturated heterocycles. The number of hydrogen-bond acceptors (Lipinski definition) is 5. The maximum atomic E-state index is 13.5. The zero-order chi connectivity index (χ0) is 26.7. The summed E-state index contributed by atoms with van der Waals surface area (Å²) in [5, 5.41) is 11.7. The molecule has 7 heteroatoms. The number of carbonyl (C=O) groups is 2. The van der Waals surface area contributed by atoms with Crippen molar-refractivity contribution in [2.45, 2.75) is 33.7 Å². The molecule has 1 N–H and O–H groups in total. The lowest BCUT2D eigenvalue weighted by Crippen LogP contribution is -2.29. The van der Waals surface area contributed by atoms with E-state index in [9.17, 15) is 14.7 Å². The zero-order valence-electron chi connectivity index (χ0n) is 21.5. The highest BCUT2D eigenvalue weighted by Crippen LogP contribution is 2.43. The van der Waals surface area contributed by atoms with E-state index in [1.807, 2.05) is 56.3 Å². The van der Waals surface area contributed by atoms with Gasteiger partial charge in [0.05, 0.1) is 23.2 Å². The second kappa shape index (κ2) is 11.1. The van der Waals surface area contributed by atoms with Crippen LogP contribution < -0.4 is 14.5 Å². The minimum atomic E-state index is -0.834. The van der Waals surface area contributed by atoms with Crippen LogP contribution in [0.5, 0.6) is 5.75 Å². The Morgan fingerprint density at radius 3 is 2.32 bits per heavy atom. The quantitative estimate of drug-likeness (QED) is 0.209. The van der Waals surface area contributed by atoms with E-state index in [1.54, 1.807) is 24.3 Å². The van der Waals surface area contributed by atoms with Crippen molar-refractivity contribution in [3.8, 4) is 5.75 Å². The van der Waals surface area contributed by atoms with Gasteiger partial charge in [0, 0.05) is 30.0 Å². The van der Waals surface area contributed by atoms with Crippen LogP contribution in [0.25, 0.3) is 5.76 Å². The number of carbonyl (C=O) groups excluding carboxylic acids is 2. The van der Waals surface area contributed by atoms with Crippen molar-refractivity contribution in [3.05, 3.63) is 94.0 Å². The van der Waals surface area contributed by atoms with E-state index >= 15 is 0 Å². The fourth-order valence-electron chi connectivity index (χ4n) is 4.74. The van der Waals surface area contributed by atoms with Gasteiger partial charge in [-0.05, 0) is 81.3 Å². The fraction of sp³-hybridized carbons (Fsp3) is 0.267. The van der Waals surface area contributed by atoms with Gasteiger partial charge in [0.2, 0.25) is 0 Å². The first-order valence-corrected chi connectivity index (χ1v) is 12.8. The Kier molecular flexibility index (Phi) is 7.89. The number of rotatable bonds is 8. The van der Waals surface area contributed by atoms with Gasteiger partial charge in [-0.1, -0.05) is 35.9 Å². The van der Waals surface area contributed by atoms with Crippen LogP contribution in [0, 0.1) is 6.92 Å². The van der Waals surface area contributed by atoms with E-state index in [-0.39, 0.29) is 21.9 Å². The smallest absolute Gasteiger partial charge is 0.300 e. The number of aliphatic hydroxyl groups excluding tert-OH is 1. The summed E-state index contributed by atoms with van der Waals surface area (Å²) in [6.45, 7) is 10.1. The normalized spacial score (nSPS) is 16.8. The summed E-state index contributed by atoms with van der Waals surface area (Å²) < 4.78 is 5.57. The molecule has 1 atom stereocenters. The standard InChI is InChI=1S/C30H31ClN2O4/c1-5-32(6-2)21-13-11-20(12-14-21)27-26(28(34)24-18-23(37-7-3)15-16-25(24)31)29(35)30(36)33(27)22-10-8-9-19(4)17-22/h8-18,27,34H,5-7H2,1-4H3/b28-26+. The molecule has 0 bridgehead atoms. The predicted molar refractivity (Wildman–Crippen MR) is 149 cm³/mol. The second-order valence-electron chi connectivity index (χ2n) is 8.85. The molecule has 1 unspecified atom stereocenters. The van der Waals surface area contributed by atoms with E-state index < -0.39 is 17.7 Å². The number of aryl methyl sites for hydroxylation is 1. The van der Waals surface area contributed by atoms with Gasteiger partial charge in [0.15, 0.2) is 0 Å². The van der Waals surface area contributed by atoms with Crippen molar-refractivity contribution in [2.24, 2.45) is 0 Å². The molecule has 0 spiro atoms. The average molecular weight is 519 g/mol. The number of ether oxygens (including phenoxy) is 1. The molecule has 1 aliphatic rings. The SMILES string of the molecule is CCOc1ccc(Cl)c(/C(O)=C2\C(=O)C(=O)N(c3cccc(C)c3)C2c2ccc(N(CC)CC)cc2)c1. The molecule has 1 heterocycles. The topological polar surface area (TPSA) is 70.1 Å². The lowest BCUT2D eigenvalue weighted by molar-refractivity contribution is -0.132. The molecule has 1 fully saturated rings. The van der Waals surface area contributed by atoms with Gasteiger partial charge in [0.1, 0.15) is 11.5 Å². The minimum Gasteiger partial charge on any atom is -0.507 e. The van der Waals surface area contributed by atoms with Crippen molar-refractivity contribution in [1.82, 2.24) is 0 Å². The summed E-state index contributed by atoms with van der Waals surface area (Å²) in [7, 11) is 0. The number of Topliss-reactive ketones (excluding diaryl/α,β-unsaturated/α-hetero) is 1. The molecule has 3 aromatic rings. The number of anilines is 2. The van der Waals surface area contributed by atoms with Crippen LogP contribution in [-0.2, 0) is 9.59 Å². The molecule has 37 heavy (non-hydrogen) atoms. The summed E-state index contributed by atoms with van der Waals surface area (Å²) in [6.07, 6.45) is 0. The zero-order valence-corrected chi connectivity index (χ0v) is 22.2. The minimum absolute atomic E-state index is 0.0161. The second-order valence-corrected chi connectivity index (χ2v) is 9.25. The van der Waals surface area contributed by atoms with E-state index in [0.717, 1.165) is 24.3 Å². The molecule has 0 aliphatic carbocycles. The van der Waals surface area contributed by atoms with Crippen LogP contribution in [-0.4, -0.2) is 36.5 Å². The first-order valence-electron chi connectivity index (χ1n) is 12.5.